The number of aliphatic hydroxyl groups is 1. The van der Waals surface area contributed by atoms with Crippen molar-refractivity contribution < 1.29 is 141 Å². The first-order valence-electron chi connectivity index (χ1n) is 7.45. The van der Waals surface area contributed by atoms with E-state index < -0.39 is 85.3 Å². The summed E-state index contributed by atoms with van der Waals surface area (Å²) >= 11 is 0. The standard InChI is InChI=1S/C8H10O9.C6H8O7.2Na.2H/c9-5(10)1-3(7(13)14)17-4(8(15)16)2-6(11)12;7-3(8)1-6(13,5(11)12)2-4(9)10;;;;/h3-4H,1-2H2,(H,9,10)(H,11,12)(H,13,14)(H,15,16);13H,1-2H2,(H,7,8)(H,9,10)(H,11,12);;;;/q;;2*+1;2*-1. The summed E-state index contributed by atoms with van der Waals surface area (Å²) in [5.74, 6) is -11.4. The maximum absolute atomic E-state index is 10.6. The fraction of sp³-hybridized carbons (Fsp3) is 0.500. The summed E-state index contributed by atoms with van der Waals surface area (Å²) in [6, 6.07) is 0. The Morgan fingerprint density at radius 3 is 1.06 bits per heavy atom. The van der Waals surface area contributed by atoms with Gasteiger partial charge in [-0.3, -0.25) is 19.2 Å². The van der Waals surface area contributed by atoms with Crippen LogP contribution in [0.2, 0.25) is 0 Å². The minimum Gasteiger partial charge on any atom is -1.00 e. The Morgan fingerprint density at radius 1 is 0.625 bits per heavy atom. The number of aliphatic carboxylic acids is 7. The number of rotatable bonds is 13. The van der Waals surface area contributed by atoms with Gasteiger partial charge in [0.05, 0.1) is 25.7 Å². The Hall–Kier alpha value is -1.79. The van der Waals surface area contributed by atoms with E-state index in [9.17, 15) is 33.6 Å². The van der Waals surface area contributed by atoms with E-state index in [1.54, 1.807) is 0 Å². The van der Waals surface area contributed by atoms with Crippen LogP contribution in [0, 0.1) is 0 Å². The van der Waals surface area contributed by atoms with Crippen molar-refractivity contribution in [2.75, 3.05) is 0 Å². The molecule has 0 rings (SSSR count). The molecule has 18 heteroatoms. The summed E-state index contributed by atoms with van der Waals surface area (Å²) in [5.41, 5.74) is -2.74. The largest absolute Gasteiger partial charge is 1.00 e. The van der Waals surface area contributed by atoms with Gasteiger partial charge in [-0.15, -0.1) is 0 Å². The van der Waals surface area contributed by atoms with Crippen LogP contribution in [0.25, 0.3) is 0 Å². The summed E-state index contributed by atoms with van der Waals surface area (Å²) in [6.45, 7) is 0. The molecule has 0 aliphatic carbocycles. The van der Waals surface area contributed by atoms with E-state index in [4.69, 9.17) is 40.9 Å². The van der Waals surface area contributed by atoms with Crippen LogP contribution in [0.4, 0.5) is 0 Å². The quantitative estimate of drug-likeness (QED) is 0.111. The van der Waals surface area contributed by atoms with Crippen molar-refractivity contribution in [2.24, 2.45) is 0 Å². The van der Waals surface area contributed by atoms with Crippen molar-refractivity contribution >= 4 is 41.8 Å². The number of ether oxygens (including phenoxy) is 1. The smallest absolute Gasteiger partial charge is 1.00 e. The molecule has 8 N–H and O–H groups in total. The molecule has 32 heavy (non-hydrogen) atoms. The van der Waals surface area contributed by atoms with Gasteiger partial charge in [-0.2, -0.15) is 0 Å². The van der Waals surface area contributed by atoms with Gasteiger partial charge < -0.3 is 48.4 Å². The predicted octanol–water partition coefficient (Wildman–Crippen LogP) is -8.16. The first-order valence-corrected chi connectivity index (χ1v) is 7.45. The number of carbonyl (C=O) groups is 7. The molecule has 0 radical (unpaired) electrons. The van der Waals surface area contributed by atoms with E-state index in [-0.39, 0.29) is 62.0 Å². The zero-order chi connectivity index (χ0) is 24.2. The van der Waals surface area contributed by atoms with Crippen LogP contribution >= 0.6 is 0 Å². The van der Waals surface area contributed by atoms with Gasteiger partial charge >= 0.3 is 101 Å². The van der Waals surface area contributed by atoms with Crippen molar-refractivity contribution in [3.8, 4) is 0 Å². The molecule has 0 saturated heterocycles. The fourth-order valence-corrected chi connectivity index (χ4v) is 1.62. The molecule has 2 unspecified atom stereocenters. The molecule has 0 aromatic rings. The number of carboxylic acid groups (broad SMARTS) is 7. The summed E-state index contributed by atoms with van der Waals surface area (Å²) in [5, 5.41) is 67.6. The van der Waals surface area contributed by atoms with Crippen molar-refractivity contribution in [3.63, 3.8) is 0 Å². The monoisotopic (exact) mass is 490 g/mol. The Bertz CT molecular complexity index is 668. The SMILES string of the molecule is O=C(O)CC(O)(CC(=O)O)C(=O)O.O=C(O)CC(OC(CC(=O)O)C(=O)O)C(=O)O.[H-].[H-].[Na+].[Na+]. The molecule has 0 amide bonds. The molecule has 0 aromatic carbocycles. The number of hydrogen-bond donors (Lipinski definition) is 8. The van der Waals surface area contributed by atoms with E-state index in [0.717, 1.165) is 0 Å². The van der Waals surface area contributed by atoms with Gasteiger partial charge in [0, 0.05) is 0 Å². The molecular weight excluding hydrogens is 470 g/mol. The van der Waals surface area contributed by atoms with Crippen LogP contribution in [0.5, 0.6) is 0 Å². The average molecular weight is 490 g/mol. The Labute approximate surface area is 225 Å². The molecule has 0 saturated carbocycles. The van der Waals surface area contributed by atoms with Crippen LogP contribution in [-0.4, -0.2) is 100 Å². The third-order valence-electron chi connectivity index (χ3n) is 2.88. The van der Waals surface area contributed by atoms with Crippen molar-refractivity contribution in [1.82, 2.24) is 0 Å². The zero-order valence-electron chi connectivity index (χ0n) is 18.8. The Morgan fingerprint density at radius 2 is 0.906 bits per heavy atom. The summed E-state index contributed by atoms with van der Waals surface area (Å²) < 4.78 is 4.43. The topological polar surface area (TPSA) is 291 Å². The molecule has 0 bridgehead atoms. The normalized spacial score (nSPS) is 11.7. The minimum absolute atomic E-state index is 0. The summed E-state index contributed by atoms with van der Waals surface area (Å²) in [6.07, 6.45) is -8.03. The van der Waals surface area contributed by atoms with Gasteiger partial charge in [-0.05, 0) is 0 Å². The second-order valence-corrected chi connectivity index (χ2v) is 5.46. The molecule has 0 aliphatic heterocycles. The van der Waals surface area contributed by atoms with Crippen LogP contribution in [0.3, 0.4) is 0 Å². The third-order valence-corrected chi connectivity index (χ3v) is 2.88. The van der Waals surface area contributed by atoms with Gasteiger partial charge in [0.2, 0.25) is 0 Å². The number of hydrogen-bond acceptors (Lipinski definition) is 9. The van der Waals surface area contributed by atoms with Gasteiger partial charge in [0.25, 0.3) is 0 Å². The second kappa shape index (κ2) is 17.7. The van der Waals surface area contributed by atoms with E-state index in [1.807, 2.05) is 0 Å². The van der Waals surface area contributed by atoms with Crippen LogP contribution < -0.4 is 59.1 Å². The molecule has 174 valence electrons. The Kier molecular flexibility index (Phi) is 20.8. The first-order chi connectivity index (χ1) is 13.5. The van der Waals surface area contributed by atoms with Crippen molar-refractivity contribution in [2.45, 2.75) is 43.5 Å². The van der Waals surface area contributed by atoms with E-state index in [1.165, 1.54) is 0 Å². The molecule has 2 atom stereocenters. The zero-order valence-corrected chi connectivity index (χ0v) is 20.8. The third kappa shape index (κ3) is 17.8. The Balaban J connectivity index is -0.000000106. The summed E-state index contributed by atoms with van der Waals surface area (Å²) in [7, 11) is 0. The van der Waals surface area contributed by atoms with E-state index >= 15 is 0 Å². The van der Waals surface area contributed by atoms with Crippen LogP contribution in [0.1, 0.15) is 28.5 Å². The van der Waals surface area contributed by atoms with Gasteiger partial charge in [-0.1, -0.05) is 0 Å². The maximum Gasteiger partial charge on any atom is 1.00 e. The second-order valence-electron chi connectivity index (χ2n) is 5.46. The van der Waals surface area contributed by atoms with Gasteiger partial charge in [-0.25, -0.2) is 14.4 Å². The summed E-state index contributed by atoms with van der Waals surface area (Å²) in [4.78, 5) is 72.1. The van der Waals surface area contributed by atoms with Crippen molar-refractivity contribution in [3.05, 3.63) is 0 Å². The molecule has 0 fully saturated rings. The molecular formula is C14H20Na2O16. The molecule has 0 aliphatic rings. The van der Waals surface area contributed by atoms with Crippen molar-refractivity contribution in [1.29, 1.82) is 0 Å². The van der Waals surface area contributed by atoms with Gasteiger partial charge in [0.1, 0.15) is 0 Å². The molecule has 16 nitrogen and oxygen atoms in total. The molecule has 0 spiro atoms. The van der Waals surface area contributed by atoms with E-state index in [0.29, 0.717) is 0 Å². The number of carboxylic acids is 7. The maximum atomic E-state index is 10.6. The minimum atomic E-state index is -2.74. The average Bonchev–Trinajstić information content (AvgIpc) is 2.51. The van der Waals surface area contributed by atoms with Crippen LogP contribution in [0.15, 0.2) is 0 Å². The first kappa shape index (κ1) is 37.5. The fourth-order valence-electron chi connectivity index (χ4n) is 1.62. The van der Waals surface area contributed by atoms with Crippen LogP contribution in [-0.2, 0) is 38.3 Å². The molecule has 0 aromatic heterocycles. The van der Waals surface area contributed by atoms with Gasteiger partial charge in [0.15, 0.2) is 17.8 Å². The van der Waals surface area contributed by atoms with E-state index in [2.05, 4.69) is 4.74 Å². The predicted molar refractivity (Wildman–Crippen MR) is 87.8 cm³/mol. The molecule has 0 heterocycles.